The van der Waals surface area contributed by atoms with Gasteiger partial charge in [-0.05, 0) is 26.0 Å². The molecule has 0 saturated heterocycles. The normalized spacial score (nSPS) is 11.5. The Morgan fingerprint density at radius 3 is 2.64 bits per heavy atom. The van der Waals surface area contributed by atoms with Crippen molar-refractivity contribution in [3.05, 3.63) is 36.0 Å². The highest BCUT2D eigenvalue weighted by Gasteiger charge is 2.14. The van der Waals surface area contributed by atoms with E-state index in [0.717, 1.165) is 5.56 Å². The van der Waals surface area contributed by atoms with Crippen molar-refractivity contribution in [2.45, 2.75) is 33.4 Å². The van der Waals surface area contributed by atoms with Crippen LogP contribution in [0.5, 0.6) is 17.2 Å². The van der Waals surface area contributed by atoms with Crippen molar-refractivity contribution in [2.75, 3.05) is 38.0 Å². The molecule has 3 rings (SSSR count). The molecule has 0 bridgehead atoms. The molecular weight excluding hydrogens is 424 g/mol. The number of amides is 1. The molecule has 1 atom stereocenters. The van der Waals surface area contributed by atoms with Gasteiger partial charge in [0.1, 0.15) is 28.3 Å². The Hall–Kier alpha value is -3.82. The average Bonchev–Trinajstić information content (AvgIpc) is 2.81. The van der Waals surface area contributed by atoms with Crippen LogP contribution in [0.4, 0.5) is 11.8 Å². The van der Waals surface area contributed by atoms with E-state index in [2.05, 4.69) is 30.9 Å². The van der Waals surface area contributed by atoms with Crippen molar-refractivity contribution in [1.29, 1.82) is 0 Å². The van der Waals surface area contributed by atoms with Gasteiger partial charge in [-0.25, -0.2) is 9.97 Å². The van der Waals surface area contributed by atoms with Crippen LogP contribution in [0.1, 0.15) is 26.3 Å². The Morgan fingerprint density at radius 1 is 1.12 bits per heavy atom. The fourth-order valence-corrected chi connectivity index (χ4v) is 3.18. The van der Waals surface area contributed by atoms with Crippen LogP contribution in [-0.4, -0.2) is 54.3 Å². The van der Waals surface area contributed by atoms with Crippen LogP contribution in [0.15, 0.2) is 30.5 Å². The summed E-state index contributed by atoms with van der Waals surface area (Å²) in [6, 6.07) is 7.38. The van der Waals surface area contributed by atoms with Gasteiger partial charge in [-0.2, -0.15) is 4.98 Å². The molecule has 0 aliphatic heterocycles. The fourth-order valence-electron chi connectivity index (χ4n) is 3.18. The SMILES string of the molecule is CCOc1cnc2c(NC(C)CNC(C)=O)nc(NCc3ccc(OC)cc3OC)nc2c1. The van der Waals surface area contributed by atoms with Crippen LogP contribution >= 0.6 is 0 Å². The van der Waals surface area contributed by atoms with Crippen LogP contribution in [-0.2, 0) is 11.3 Å². The highest BCUT2D eigenvalue weighted by Crippen LogP contribution is 2.27. The molecule has 0 fully saturated rings. The van der Waals surface area contributed by atoms with Gasteiger partial charge in [0.05, 0.1) is 27.0 Å². The maximum atomic E-state index is 11.3. The quantitative estimate of drug-likeness (QED) is 0.402. The van der Waals surface area contributed by atoms with Crippen molar-refractivity contribution < 1.29 is 19.0 Å². The van der Waals surface area contributed by atoms with Gasteiger partial charge < -0.3 is 30.2 Å². The minimum atomic E-state index is -0.0912. The average molecular weight is 455 g/mol. The number of nitrogens with zero attached hydrogens (tertiary/aromatic N) is 3. The molecule has 0 spiro atoms. The lowest BCUT2D eigenvalue weighted by Crippen LogP contribution is -2.33. The molecule has 1 amide bonds. The number of pyridine rings is 1. The van der Waals surface area contributed by atoms with Crippen LogP contribution in [0, 0.1) is 0 Å². The maximum absolute atomic E-state index is 11.3. The molecule has 1 unspecified atom stereocenters. The summed E-state index contributed by atoms with van der Waals surface area (Å²) in [6.07, 6.45) is 1.65. The van der Waals surface area contributed by atoms with E-state index in [9.17, 15) is 4.79 Å². The standard InChI is InChI=1S/C23H30N6O4/c1-6-33-18-9-19-21(25-13-18)22(27-14(2)11-24-15(3)30)29-23(28-19)26-12-16-7-8-17(31-4)10-20(16)32-5/h7-10,13-14H,6,11-12H2,1-5H3,(H,24,30)(H2,26,27,28,29). The number of rotatable bonds is 11. The van der Waals surface area contributed by atoms with E-state index >= 15 is 0 Å². The second-order valence-corrected chi connectivity index (χ2v) is 7.38. The lowest BCUT2D eigenvalue weighted by molar-refractivity contribution is -0.118. The zero-order valence-electron chi connectivity index (χ0n) is 19.6. The highest BCUT2D eigenvalue weighted by atomic mass is 16.5. The summed E-state index contributed by atoms with van der Waals surface area (Å²) >= 11 is 0. The number of ether oxygens (including phenoxy) is 3. The first-order valence-electron chi connectivity index (χ1n) is 10.7. The largest absolute Gasteiger partial charge is 0.497 e. The molecule has 33 heavy (non-hydrogen) atoms. The van der Waals surface area contributed by atoms with E-state index in [0.29, 0.717) is 59.7 Å². The first kappa shape index (κ1) is 23.8. The van der Waals surface area contributed by atoms with E-state index in [4.69, 9.17) is 14.2 Å². The molecule has 0 radical (unpaired) electrons. The van der Waals surface area contributed by atoms with Crippen LogP contribution in [0.25, 0.3) is 11.0 Å². The zero-order valence-corrected chi connectivity index (χ0v) is 19.6. The number of carbonyl (C=O) groups excluding carboxylic acids is 1. The summed E-state index contributed by atoms with van der Waals surface area (Å²) in [5, 5.41) is 9.37. The van der Waals surface area contributed by atoms with Gasteiger partial charge in [-0.15, -0.1) is 0 Å². The molecule has 0 aliphatic rings. The predicted molar refractivity (Wildman–Crippen MR) is 127 cm³/mol. The Balaban J connectivity index is 1.89. The fraction of sp³-hybridized carbons (Fsp3) is 0.391. The molecule has 3 aromatic rings. The Bertz CT molecular complexity index is 1110. The number of aromatic nitrogens is 3. The van der Waals surface area contributed by atoms with Gasteiger partial charge in [-0.3, -0.25) is 4.79 Å². The maximum Gasteiger partial charge on any atom is 0.225 e. The lowest BCUT2D eigenvalue weighted by Gasteiger charge is -2.17. The summed E-state index contributed by atoms with van der Waals surface area (Å²) in [7, 11) is 3.23. The molecule has 10 heteroatoms. The van der Waals surface area contributed by atoms with E-state index in [1.807, 2.05) is 38.1 Å². The first-order chi connectivity index (χ1) is 15.9. The summed E-state index contributed by atoms with van der Waals surface area (Å²) in [5.74, 6) is 2.93. The highest BCUT2D eigenvalue weighted by molar-refractivity contribution is 5.87. The molecule has 0 saturated carbocycles. The van der Waals surface area contributed by atoms with Crippen molar-refractivity contribution in [3.63, 3.8) is 0 Å². The van der Waals surface area contributed by atoms with Crippen molar-refractivity contribution >= 4 is 28.7 Å². The molecule has 2 aromatic heterocycles. The third-order valence-electron chi connectivity index (χ3n) is 4.79. The number of hydrogen-bond acceptors (Lipinski definition) is 9. The third-order valence-corrected chi connectivity index (χ3v) is 4.79. The van der Waals surface area contributed by atoms with E-state index in [1.165, 1.54) is 6.92 Å². The number of carbonyl (C=O) groups is 1. The monoisotopic (exact) mass is 454 g/mol. The van der Waals surface area contributed by atoms with Crippen LogP contribution in [0.3, 0.4) is 0 Å². The van der Waals surface area contributed by atoms with E-state index in [-0.39, 0.29) is 11.9 Å². The number of benzene rings is 1. The molecule has 0 aliphatic carbocycles. The summed E-state index contributed by atoms with van der Waals surface area (Å²) < 4.78 is 16.3. The first-order valence-corrected chi connectivity index (χ1v) is 10.7. The number of anilines is 2. The van der Waals surface area contributed by atoms with Gasteiger partial charge in [-0.1, -0.05) is 0 Å². The number of fused-ring (bicyclic) bond motifs is 1. The Kier molecular flexibility index (Phi) is 8.06. The van der Waals surface area contributed by atoms with Gasteiger partial charge in [0.25, 0.3) is 0 Å². The van der Waals surface area contributed by atoms with E-state index < -0.39 is 0 Å². The smallest absolute Gasteiger partial charge is 0.225 e. The summed E-state index contributed by atoms with van der Waals surface area (Å²) in [4.78, 5) is 25.0. The summed E-state index contributed by atoms with van der Waals surface area (Å²) in [6.45, 7) is 6.77. The minimum absolute atomic E-state index is 0.0742. The molecule has 10 nitrogen and oxygen atoms in total. The molecular formula is C23H30N6O4. The van der Waals surface area contributed by atoms with Gasteiger partial charge in [0, 0.05) is 43.8 Å². The third kappa shape index (κ3) is 6.34. The number of hydrogen-bond donors (Lipinski definition) is 3. The van der Waals surface area contributed by atoms with E-state index in [1.54, 1.807) is 20.4 Å². The zero-order chi connectivity index (χ0) is 23.8. The number of nitrogens with one attached hydrogen (secondary N) is 3. The van der Waals surface area contributed by atoms with Crippen molar-refractivity contribution in [1.82, 2.24) is 20.3 Å². The topological polar surface area (TPSA) is 120 Å². The second kappa shape index (κ2) is 11.2. The van der Waals surface area contributed by atoms with Gasteiger partial charge in [0.15, 0.2) is 5.82 Å². The lowest BCUT2D eigenvalue weighted by atomic mass is 10.2. The van der Waals surface area contributed by atoms with Gasteiger partial charge >= 0.3 is 0 Å². The molecule has 176 valence electrons. The van der Waals surface area contributed by atoms with Crippen LogP contribution in [0.2, 0.25) is 0 Å². The van der Waals surface area contributed by atoms with Crippen LogP contribution < -0.4 is 30.2 Å². The number of methoxy groups -OCH3 is 2. The van der Waals surface area contributed by atoms with Crippen molar-refractivity contribution in [2.24, 2.45) is 0 Å². The van der Waals surface area contributed by atoms with Gasteiger partial charge in [0.2, 0.25) is 11.9 Å². The second-order valence-electron chi connectivity index (χ2n) is 7.38. The molecule has 3 N–H and O–H groups in total. The Labute approximate surface area is 193 Å². The molecule has 1 aromatic carbocycles. The molecule has 2 heterocycles. The Morgan fingerprint density at radius 2 is 1.94 bits per heavy atom. The minimum Gasteiger partial charge on any atom is -0.497 e. The van der Waals surface area contributed by atoms with Crippen molar-refractivity contribution in [3.8, 4) is 17.2 Å². The summed E-state index contributed by atoms with van der Waals surface area (Å²) in [5.41, 5.74) is 2.17. The predicted octanol–water partition coefficient (Wildman–Crippen LogP) is 2.99.